The van der Waals surface area contributed by atoms with E-state index in [0.717, 1.165) is 24.0 Å². The van der Waals surface area contributed by atoms with Crippen LogP contribution in [-0.4, -0.2) is 5.91 Å². The topological polar surface area (TPSA) is 78.9 Å². The van der Waals surface area contributed by atoms with Crippen LogP contribution in [0.2, 0.25) is 0 Å². The average molecular weight is 213 g/mol. The molecular weight excluding hydrogens is 202 g/mol. The Morgan fingerprint density at radius 2 is 2.12 bits per heavy atom. The first-order valence-corrected chi connectivity index (χ1v) is 5.00. The molecule has 80 valence electrons. The maximum Gasteiger partial charge on any atom is 0.276 e. The Labute approximate surface area is 93.3 Å². The van der Waals surface area contributed by atoms with Crippen LogP contribution in [0, 0.1) is 11.3 Å². The molecule has 0 heterocycles. The van der Waals surface area contributed by atoms with Crippen LogP contribution in [0.15, 0.2) is 29.8 Å². The maximum absolute atomic E-state index is 11.4. The standard InChI is InChI=1S/C12H11N3O/c13-7-11(12(16)15-14)10-6-5-8-3-1-2-4-9(8)10/h1-4H,5-6,14H2,(H,15,16)/b11-10+. The molecule has 4 nitrogen and oxygen atoms in total. The van der Waals surface area contributed by atoms with Gasteiger partial charge < -0.3 is 0 Å². The van der Waals surface area contributed by atoms with E-state index in [1.165, 1.54) is 5.56 Å². The highest BCUT2D eigenvalue weighted by Gasteiger charge is 2.22. The molecule has 16 heavy (non-hydrogen) atoms. The van der Waals surface area contributed by atoms with E-state index in [9.17, 15) is 4.79 Å². The van der Waals surface area contributed by atoms with Crippen LogP contribution in [0.3, 0.4) is 0 Å². The molecule has 4 heteroatoms. The summed E-state index contributed by atoms with van der Waals surface area (Å²) in [6, 6.07) is 9.72. The van der Waals surface area contributed by atoms with E-state index < -0.39 is 5.91 Å². The Morgan fingerprint density at radius 3 is 2.81 bits per heavy atom. The fourth-order valence-corrected chi connectivity index (χ4v) is 2.01. The minimum absolute atomic E-state index is 0.118. The normalized spacial score (nSPS) is 16.2. The molecule has 3 N–H and O–H groups in total. The second kappa shape index (κ2) is 4.17. The Morgan fingerprint density at radius 1 is 1.38 bits per heavy atom. The molecule has 0 saturated carbocycles. The predicted octanol–water partition coefficient (Wildman–Crippen LogP) is 0.900. The molecule has 1 amide bonds. The number of benzene rings is 1. The Hall–Kier alpha value is -2.12. The quantitative estimate of drug-likeness (QED) is 0.239. The van der Waals surface area contributed by atoms with Crippen molar-refractivity contribution in [3.8, 4) is 6.07 Å². The van der Waals surface area contributed by atoms with Crippen molar-refractivity contribution in [1.29, 1.82) is 5.26 Å². The summed E-state index contributed by atoms with van der Waals surface area (Å²) in [4.78, 5) is 11.4. The van der Waals surface area contributed by atoms with E-state index in [-0.39, 0.29) is 5.57 Å². The number of nitrogens with two attached hydrogens (primary N) is 1. The first-order valence-electron chi connectivity index (χ1n) is 5.00. The van der Waals surface area contributed by atoms with Crippen molar-refractivity contribution >= 4 is 11.5 Å². The molecular formula is C12H11N3O. The first-order chi connectivity index (χ1) is 7.77. The molecule has 0 aromatic heterocycles. The fraction of sp³-hybridized carbons (Fsp3) is 0.167. The summed E-state index contributed by atoms with van der Waals surface area (Å²) in [5, 5.41) is 8.99. The first kappa shape index (κ1) is 10.4. The number of hydrogen-bond acceptors (Lipinski definition) is 3. The van der Waals surface area contributed by atoms with Crippen LogP contribution < -0.4 is 11.3 Å². The zero-order chi connectivity index (χ0) is 11.5. The Bertz CT molecular complexity index is 511. The van der Waals surface area contributed by atoms with E-state index in [4.69, 9.17) is 11.1 Å². The second-order valence-electron chi connectivity index (χ2n) is 3.60. The molecule has 1 aromatic carbocycles. The number of carbonyl (C=O) groups is 1. The van der Waals surface area contributed by atoms with E-state index in [1.807, 2.05) is 35.8 Å². The van der Waals surface area contributed by atoms with Crippen molar-refractivity contribution in [3.63, 3.8) is 0 Å². The zero-order valence-corrected chi connectivity index (χ0v) is 8.66. The van der Waals surface area contributed by atoms with E-state index >= 15 is 0 Å². The number of hydrogen-bond donors (Lipinski definition) is 2. The van der Waals surface area contributed by atoms with Gasteiger partial charge >= 0.3 is 0 Å². The highest BCUT2D eigenvalue weighted by atomic mass is 16.2. The smallest absolute Gasteiger partial charge is 0.276 e. The van der Waals surface area contributed by atoms with E-state index in [0.29, 0.717) is 0 Å². The van der Waals surface area contributed by atoms with Crippen LogP contribution in [0.25, 0.3) is 5.57 Å². The van der Waals surface area contributed by atoms with Gasteiger partial charge in [-0.2, -0.15) is 5.26 Å². The van der Waals surface area contributed by atoms with Gasteiger partial charge in [0, 0.05) is 0 Å². The van der Waals surface area contributed by atoms with Gasteiger partial charge in [-0.25, -0.2) is 5.84 Å². The molecule has 2 rings (SSSR count). The Kier molecular flexibility index (Phi) is 2.71. The number of rotatable bonds is 1. The number of carbonyl (C=O) groups excluding carboxylic acids is 1. The van der Waals surface area contributed by atoms with Crippen LogP contribution in [0.1, 0.15) is 17.5 Å². The number of hydrazine groups is 1. The van der Waals surface area contributed by atoms with Gasteiger partial charge in [0.05, 0.1) is 0 Å². The second-order valence-corrected chi connectivity index (χ2v) is 3.60. The number of aryl methyl sites for hydroxylation is 1. The highest BCUT2D eigenvalue weighted by molar-refractivity contribution is 6.05. The lowest BCUT2D eigenvalue weighted by atomic mass is 10.0. The van der Waals surface area contributed by atoms with Crippen molar-refractivity contribution in [3.05, 3.63) is 41.0 Å². The van der Waals surface area contributed by atoms with Gasteiger partial charge in [0.25, 0.3) is 5.91 Å². The molecule has 0 bridgehead atoms. The fourth-order valence-electron chi connectivity index (χ4n) is 2.01. The number of nitriles is 1. The van der Waals surface area contributed by atoms with Crippen molar-refractivity contribution in [2.24, 2.45) is 5.84 Å². The minimum atomic E-state index is -0.519. The number of nitrogens with one attached hydrogen (secondary N) is 1. The molecule has 0 saturated heterocycles. The lowest BCUT2D eigenvalue weighted by molar-refractivity contribution is -0.117. The molecule has 1 aromatic rings. The van der Waals surface area contributed by atoms with Gasteiger partial charge in [0.2, 0.25) is 0 Å². The number of fused-ring (bicyclic) bond motifs is 1. The maximum atomic E-state index is 11.4. The van der Waals surface area contributed by atoms with Crippen LogP contribution >= 0.6 is 0 Å². The molecule has 0 aliphatic heterocycles. The molecule has 0 fully saturated rings. The molecule has 0 radical (unpaired) electrons. The third-order valence-electron chi connectivity index (χ3n) is 2.76. The van der Waals surface area contributed by atoms with E-state index in [1.54, 1.807) is 0 Å². The Balaban J connectivity index is 2.55. The van der Waals surface area contributed by atoms with Gasteiger partial charge in [-0.1, -0.05) is 24.3 Å². The van der Waals surface area contributed by atoms with Crippen molar-refractivity contribution in [2.75, 3.05) is 0 Å². The summed E-state index contributed by atoms with van der Waals surface area (Å²) >= 11 is 0. The summed E-state index contributed by atoms with van der Waals surface area (Å²) in [6.45, 7) is 0. The molecule has 1 aliphatic carbocycles. The van der Waals surface area contributed by atoms with Gasteiger partial charge in [0.1, 0.15) is 11.6 Å². The molecule has 1 aliphatic rings. The number of allylic oxidation sites excluding steroid dienone is 1. The van der Waals surface area contributed by atoms with Crippen LogP contribution in [0.5, 0.6) is 0 Å². The van der Waals surface area contributed by atoms with Crippen molar-refractivity contribution < 1.29 is 4.79 Å². The summed E-state index contributed by atoms with van der Waals surface area (Å²) in [5.74, 6) is 4.53. The average Bonchev–Trinajstić information content (AvgIpc) is 2.74. The van der Waals surface area contributed by atoms with Gasteiger partial charge in [-0.05, 0) is 29.5 Å². The summed E-state index contributed by atoms with van der Waals surface area (Å²) in [6.07, 6.45) is 1.59. The van der Waals surface area contributed by atoms with Gasteiger partial charge in [-0.3, -0.25) is 10.2 Å². The monoisotopic (exact) mass is 213 g/mol. The molecule has 0 atom stereocenters. The highest BCUT2D eigenvalue weighted by Crippen LogP contribution is 2.34. The summed E-state index contributed by atoms with van der Waals surface area (Å²) < 4.78 is 0. The minimum Gasteiger partial charge on any atom is -0.290 e. The van der Waals surface area contributed by atoms with Gasteiger partial charge in [-0.15, -0.1) is 0 Å². The van der Waals surface area contributed by atoms with Crippen LogP contribution in [0.4, 0.5) is 0 Å². The van der Waals surface area contributed by atoms with E-state index in [2.05, 4.69) is 0 Å². The predicted molar refractivity (Wildman–Crippen MR) is 59.6 cm³/mol. The molecule has 0 unspecified atom stereocenters. The number of nitrogens with zero attached hydrogens (tertiary/aromatic N) is 1. The van der Waals surface area contributed by atoms with Gasteiger partial charge in [0.15, 0.2) is 0 Å². The van der Waals surface area contributed by atoms with Crippen LogP contribution in [-0.2, 0) is 11.2 Å². The third-order valence-corrected chi connectivity index (χ3v) is 2.76. The molecule has 0 spiro atoms. The van der Waals surface area contributed by atoms with Crippen molar-refractivity contribution in [2.45, 2.75) is 12.8 Å². The largest absolute Gasteiger partial charge is 0.290 e. The third kappa shape index (κ3) is 1.58. The summed E-state index contributed by atoms with van der Waals surface area (Å²) in [7, 11) is 0. The van der Waals surface area contributed by atoms with Crippen molar-refractivity contribution in [1.82, 2.24) is 5.43 Å². The lowest BCUT2D eigenvalue weighted by Gasteiger charge is -2.03. The summed E-state index contributed by atoms with van der Waals surface area (Å²) in [5.41, 5.74) is 5.08. The lowest BCUT2D eigenvalue weighted by Crippen LogP contribution is -2.31. The zero-order valence-electron chi connectivity index (χ0n) is 8.66. The SMILES string of the molecule is N#C/C(C(=O)NN)=C1/CCc2ccccc21. The number of amides is 1.